The predicted octanol–water partition coefficient (Wildman–Crippen LogP) is 2.06. The lowest BCUT2D eigenvalue weighted by molar-refractivity contribution is 0.0664. The number of hydrogen-bond donors (Lipinski definition) is 1. The number of nitrogens with one attached hydrogen (secondary N) is 1. The summed E-state index contributed by atoms with van der Waals surface area (Å²) in [5.74, 6) is 0.925. The van der Waals surface area contributed by atoms with Crippen molar-refractivity contribution in [1.29, 1.82) is 0 Å². The van der Waals surface area contributed by atoms with E-state index in [1.807, 2.05) is 18.9 Å². The molecule has 1 fully saturated rings. The topological polar surface area (TPSA) is 96.3 Å². The minimum atomic E-state index is -0.304. The number of carbonyl (C=O) groups is 1. The lowest BCUT2D eigenvalue weighted by atomic mass is 10.1. The Bertz CT molecular complexity index is 1190. The standard InChI is InChI=1S/C23H30N6O3/c1-5-7-17-19-20(26-28(17)4)22(30)25-21(24-19)16-14-15(8-9-18(16)32-6-2)23(31)29-12-10-27(3)11-13-29/h8-9,14H,5-7,10-13H2,1-4H3,(H,24,25,30). The second kappa shape index (κ2) is 9.12. The van der Waals surface area contributed by atoms with Crippen molar-refractivity contribution in [3.05, 3.63) is 39.8 Å². The first-order valence-electron chi connectivity index (χ1n) is 11.1. The zero-order valence-electron chi connectivity index (χ0n) is 19.1. The van der Waals surface area contributed by atoms with Crippen LogP contribution in [0.5, 0.6) is 5.75 Å². The monoisotopic (exact) mass is 438 g/mol. The zero-order valence-corrected chi connectivity index (χ0v) is 19.1. The van der Waals surface area contributed by atoms with E-state index in [1.54, 1.807) is 22.9 Å². The Morgan fingerprint density at radius 2 is 1.88 bits per heavy atom. The normalized spacial score (nSPS) is 14.8. The molecule has 1 aliphatic heterocycles. The zero-order chi connectivity index (χ0) is 22.8. The Balaban J connectivity index is 1.80. The van der Waals surface area contributed by atoms with E-state index in [9.17, 15) is 9.59 Å². The molecule has 2 aromatic heterocycles. The number of likely N-dealkylation sites (N-methyl/N-ethyl adjacent to an activating group) is 1. The van der Waals surface area contributed by atoms with Gasteiger partial charge in [0.15, 0.2) is 5.52 Å². The molecule has 1 amide bonds. The van der Waals surface area contributed by atoms with Crippen molar-refractivity contribution in [2.75, 3.05) is 39.8 Å². The molecule has 4 rings (SSSR count). The largest absolute Gasteiger partial charge is 0.493 e. The summed E-state index contributed by atoms with van der Waals surface area (Å²) in [6, 6.07) is 5.33. The van der Waals surface area contributed by atoms with Gasteiger partial charge in [0.1, 0.15) is 17.1 Å². The van der Waals surface area contributed by atoms with Gasteiger partial charge in [0.2, 0.25) is 0 Å². The molecule has 1 aromatic carbocycles. The van der Waals surface area contributed by atoms with Crippen molar-refractivity contribution in [3.8, 4) is 17.1 Å². The summed E-state index contributed by atoms with van der Waals surface area (Å²) in [6.07, 6.45) is 1.68. The highest BCUT2D eigenvalue weighted by Gasteiger charge is 2.23. The minimum absolute atomic E-state index is 0.0288. The van der Waals surface area contributed by atoms with Crippen molar-refractivity contribution in [1.82, 2.24) is 29.5 Å². The quantitative estimate of drug-likeness (QED) is 0.633. The van der Waals surface area contributed by atoms with Gasteiger partial charge in [0.05, 0.1) is 17.9 Å². The molecule has 9 heteroatoms. The van der Waals surface area contributed by atoms with Crippen molar-refractivity contribution in [2.45, 2.75) is 26.7 Å². The molecule has 0 aliphatic carbocycles. The first kappa shape index (κ1) is 22.0. The Labute approximate surface area is 187 Å². The molecule has 0 radical (unpaired) electrons. The van der Waals surface area contributed by atoms with Gasteiger partial charge >= 0.3 is 0 Å². The van der Waals surface area contributed by atoms with Crippen molar-refractivity contribution in [3.63, 3.8) is 0 Å². The molecule has 170 valence electrons. The summed E-state index contributed by atoms with van der Waals surface area (Å²) in [7, 11) is 3.88. The number of piperazine rings is 1. The van der Waals surface area contributed by atoms with E-state index in [0.29, 0.717) is 53.4 Å². The van der Waals surface area contributed by atoms with Crippen LogP contribution in [0.4, 0.5) is 0 Å². The summed E-state index contributed by atoms with van der Waals surface area (Å²) >= 11 is 0. The highest BCUT2D eigenvalue weighted by atomic mass is 16.5. The minimum Gasteiger partial charge on any atom is -0.493 e. The molecule has 3 heterocycles. The third-order valence-electron chi connectivity index (χ3n) is 5.87. The summed E-state index contributed by atoms with van der Waals surface area (Å²) < 4.78 is 7.53. The van der Waals surface area contributed by atoms with Crippen LogP contribution >= 0.6 is 0 Å². The molecule has 0 atom stereocenters. The van der Waals surface area contributed by atoms with Crippen LogP contribution in [0.15, 0.2) is 23.0 Å². The van der Waals surface area contributed by atoms with E-state index >= 15 is 0 Å². The number of carbonyl (C=O) groups excluding carboxylic acids is 1. The number of aromatic amines is 1. The van der Waals surface area contributed by atoms with Gasteiger partial charge < -0.3 is 19.5 Å². The maximum atomic E-state index is 13.1. The molecule has 0 unspecified atom stereocenters. The first-order chi connectivity index (χ1) is 15.4. The molecule has 0 bridgehead atoms. The second-order valence-corrected chi connectivity index (χ2v) is 8.17. The molecule has 1 N–H and O–H groups in total. The molecular formula is C23H30N6O3. The number of aromatic nitrogens is 4. The highest BCUT2D eigenvalue weighted by Crippen LogP contribution is 2.30. The number of amides is 1. The van der Waals surface area contributed by atoms with E-state index < -0.39 is 0 Å². The van der Waals surface area contributed by atoms with Crippen molar-refractivity contribution in [2.24, 2.45) is 7.05 Å². The van der Waals surface area contributed by atoms with E-state index in [2.05, 4.69) is 29.0 Å². The number of rotatable bonds is 6. The fourth-order valence-corrected chi connectivity index (χ4v) is 4.09. The Kier molecular flexibility index (Phi) is 6.27. The molecule has 1 aliphatic rings. The number of ether oxygens (including phenoxy) is 1. The van der Waals surface area contributed by atoms with Crippen molar-refractivity contribution >= 4 is 16.9 Å². The van der Waals surface area contributed by atoms with E-state index in [0.717, 1.165) is 31.6 Å². The summed E-state index contributed by atoms with van der Waals surface area (Å²) in [5, 5.41) is 4.35. The number of hydrogen-bond acceptors (Lipinski definition) is 6. The van der Waals surface area contributed by atoms with Crippen LogP contribution in [-0.2, 0) is 13.5 Å². The van der Waals surface area contributed by atoms with Crippen LogP contribution in [0.2, 0.25) is 0 Å². The van der Waals surface area contributed by atoms with Crippen molar-refractivity contribution < 1.29 is 9.53 Å². The van der Waals surface area contributed by atoms with Crippen LogP contribution in [0.25, 0.3) is 22.4 Å². The van der Waals surface area contributed by atoms with Gasteiger partial charge in [0.25, 0.3) is 11.5 Å². The maximum absolute atomic E-state index is 13.1. The molecule has 3 aromatic rings. The molecule has 1 saturated heterocycles. The number of nitrogens with zero attached hydrogens (tertiary/aromatic N) is 5. The maximum Gasteiger partial charge on any atom is 0.279 e. The van der Waals surface area contributed by atoms with E-state index in [-0.39, 0.29) is 11.5 Å². The molecule has 0 spiro atoms. The van der Waals surface area contributed by atoms with E-state index in [1.165, 1.54) is 0 Å². The van der Waals surface area contributed by atoms with Crippen LogP contribution in [-0.4, -0.2) is 75.3 Å². The number of benzene rings is 1. The van der Waals surface area contributed by atoms with Crippen LogP contribution < -0.4 is 10.3 Å². The van der Waals surface area contributed by atoms with Gasteiger partial charge in [-0.1, -0.05) is 13.3 Å². The van der Waals surface area contributed by atoms with Crippen LogP contribution in [0.1, 0.15) is 36.3 Å². The summed E-state index contributed by atoms with van der Waals surface area (Å²) in [5.41, 5.74) is 2.67. The third-order valence-corrected chi connectivity index (χ3v) is 5.87. The number of H-pyrrole nitrogens is 1. The van der Waals surface area contributed by atoms with Gasteiger partial charge in [-0.15, -0.1) is 0 Å². The van der Waals surface area contributed by atoms with Crippen LogP contribution in [0.3, 0.4) is 0 Å². The highest BCUT2D eigenvalue weighted by molar-refractivity contribution is 5.96. The smallest absolute Gasteiger partial charge is 0.279 e. The number of fused-ring (bicyclic) bond motifs is 1. The van der Waals surface area contributed by atoms with Crippen LogP contribution in [0, 0.1) is 0 Å². The summed E-state index contributed by atoms with van der Waals surface area (Å²) in [4.78, 5) is 37.6. The second-order valence-electron chi connectivity index (χ2n) is 8.17. The SMILES string of the molecule is CCCc1c2nc(-c3cc(C(=O)N4CCN(C)CC4)ccc3OCC)[nH]c(=O)c2nn1C. The Morgan fingerprint density at radius 3 is 2.56 bits per heavy atom. The summed E-state index contributed by atoms with van der Waals surface area (Å²) in [6.45, 7) is 7.51. The number of aryl methyl sites for hydroxylation is 2. The van der Waals surface area contributed by atoms with E-state index in [4.69, 9.17) is 9.72 Å². The van der Waals surface area contributed by atoms with Gasteiger partial charge in [-0.05, 0) is 38.6 Å². The van der Waals surface area contributed by atoms with Gasteiger partial charge in [-0.25, -0.2) is 4.98 Å². The molecular weight excluding hydrogens is 408 g/mol. The average molecular weight is 439 g/mol. The molecule has 32 heavy (non-hydrogen) atoms. The fraction of sp³-hybridized carbons (Fsp3) is 0.478. The molecule has 0 saturated carbocycles. The first-order valence-corrected chi connectivity index (χ1v) is 11.1. The fourth-order valence-electron chi connectivity index (χ4n) is 4.09. The predicted molar refractivity (Wildman–Crippen MR) is 123 cm³/mol. The Hall–Kier alpha value is -3.20. The lowest BCUT2D eigenvalue weighted by Crippen LogP contribution is -2.47. The average Bonchev–Trinajstić information content (AvgIpc) is 3.10. The van der Waals surface area contributed by atoms with Gasteiger partial charge in [-0.2, -0.15) is 5.10 Å². The molecule has 9 nitrogen and oxygen atoms in total. The third kappa shape index (κ3) is 4.12. The lowest BCUT2D eigenvalue weighted by Gasteiger charge is -2.32. The van der Waals surface area contributed by atoms with Gasteiger partial charge in [0, 0.05) is 38.8 Å². The Morgan fingerprint density at radius 1 is 1.12 bits per heavy atom. The van der Waals surface area contributed by atoms with Gasteiger partial charge in [-0.3, -0.25) is 14.3 Å².